The smallest absolute Gasteiger partial charge is 0.463 e. The summed E-state index contributed by atoms with van der Waals surface area (Å²) >= 11 is 0. The lowest BCUT2D eigenvalue weighted by Crippen LogP contribution is -2.27. The standard InChI is InChI=1S/C41H76NO8P/c1-3-5-7-9-11-13-15-17-19-20-22-24-26-28-30-32-34-41(45)48-37-39(43)38-50-51(46,47)49-36-35-42-40(44)33-31-29-27-25-23-21-18-16-14-12-10-8-6-4-2/h10,12,16,18-20,39,43H,3-9,11,13-15,17,21-38H2,1-2H3,(H,42,44)(H,46,47)/b12-10-,18-16-,20-19-. The van der Waals surface area contributed by atoms with Crippen LogP contribution in [0.4, 0.5) is 0 Å². The Morgan fingerprint density at radius 1 is 0.608 bits per heavy atom. The maximum atomic E-state index is 12.1. The average Bonchev–Trinajstić information content (AvgIpc) is 3.11. The molecular weight excluding hydrogens is 665 g/mol. The van der Waals surface area contributed by atoms with Crippen molar-refractivity contribution in [1.29, 1.82) is 0 Å². The van der Waals surface area contributed by atoms with Crippen molar-refractivity contribution >= 4 is 19.7 Å². The molecular formula is C41H76NO8P. The molecule has 298 valence electrons. The van der Waals surface area contributed by atoms with Gasteiger partial charge in [-0.3, -0.25) is 18.6 Å². The van der Waals surface area contributed by atoms with E-state index in [1.807, 2.05) is 0 Å². The van der Waals surface area contributed by atoms with Crippen molar-refractivity contribution in [2.75, 3.05) is 26.4 Å². The molecule has 51 heavy (non-hydrogen) atoms. The van der Waals surface area contributed by atoms with E-state index in [9.17, 15) is 24.2 Å². The molecule has 0 rings (SSSR count). The number of ether oxygens (including phenoxy) is 1. The van der Waals surface area contributed by atoms with Gasteiger partial charge in [-0.15, -0.1) is 0 Å². The second kappa shape index (κ2) is 38.0. The van der Waals surface area contributed by atoms with Crippen molar-refractivity contribution in [1.82, 2.24) is 5.32 Å². The van der Waals surface area contributed by atoms with Crippen LogP contribution in [0.25, 0.3) is 0 Å². The molecule has 0 heterocycles. The second-order valence-electron chi connectivity index (χ2n) is 13.6. The number of nitrogens with one attached hydrogen (secondary N) is 1. The first-order valence-corrected chi connectivity index (χ1v) is 22.0. The van der Waals surface area contributed by atoms with Gasteiger partial charge in [0.15, 0.2) is 0 Å². The fraction of sp³-hybridized carbons (Fsp3) is 0.805. The number of aliphatic hydroxyl groups is 1. The summed E-state index contributed by atoms with van der Waals surface area (Å²) in [5.74, 6) is -0.539. The average molecular weight is 742 g/mol. The van der Waals surface area contributed by atoms with Gasteiger partial charge in [0, 0.05) is 19.4 Å². The maximum Gasteiger partial charge on any atom is 0.472 e. The lowest BCUT2D eigenvalue weighted by Gasteiger charge is -2.15. The van der Waals surface area contributed by atoms with Crippen LogP contribution in [0.2, 0.25) is 0 Å². The van der Waals surface area contributed by atoms with Crippen molar-refractivity contribution in [2.24, 2.45) is 0 Å². The van der Waals surface area contributed by atoms with Gasteiger partial charge in [0.05, 0.1) is 13.2 Å². The predicted molar refractivity (Wildman–Crippen MR) is 211 cm³/mol. The highest BCUT2D eigenvalue weighted by Gasteiger charge is 2.23. The molecule has 0 spiro atoms. The Balaban J connectivity index is 3.64. The summed E-state index contributed by atoms with van der Waals surface area (Å²) in [7, 11) is -4.42. The number of aliphatic hydroxyl groups excluding tert-OH is 1. The highest BCUT2D eigenvalue weighted by atomic mass is 31.2. The van der Waals surface area contributed by atoms with Crippen molar-refractivity contribution in [2.45, 2.75) is 187 Å². The predicted octanol–water partition coefficient (Wildman–Crippen LogP) is 11.0. The van der Waals surface area contributed by atoms with Crippen LogP contribution in [0.15, 0.2) is 36.5 Å². The van der Waals surface area contributed by atoms with Gasteiger partial charge in [-0.2, -0.15) is 0 Å². The molecule has 0 radical (unpaired) electrons. The van der Waals surface area contributed by atoms with Crippen LogP contribution < -0.4 is 5.32 Å². The normalized spacial score (nSPS) is 13.7. The number of unbranched alkanes of at least 4 members (excludes halogenated alkanes) is 19. The van der Waals surface area contributed by atoms with Crippen molar-refractivity contribution in [3.05, 3.63) is 36.5 Å². The fourth-order valence-corrected chi connectivity index (χ4v) is 6.15. The molecule has 0 bridgehead atoms. The highest BCUT2D eigenvalue weighted by Crippen LogP contribution is 2.42. The SMILES string of the molecule is CCCC/C=C\C/C=C\CCCCCCCC(=O)NCCOP(=O)(O)OCC(O)COC(=O)CCCCCCC/C=C\CCCCCCCCC. The van der Waals surface area contributed by atoms with Crippen LogP contribution in [-0.4, -0.2) is 54.3 Å². The molecule has 0 saturated carbocycles. The van der Waals surface area contributed by atoms with Gasteiger partial charge >= 0.3 is 13.8 Å². The molecule has 3 N–H and O–H groups in total. The van der Waals surface area contributed by atoms with Crippen LogP contribution in [0.5, 0.6) is 0 Å². The number of hydrogen-bond acceptors (Lipinski definition) is 7. The third kappa shape index (κ3) is 39.3. The molecule has 0 aromatic heterocycles. The van der Waals surface area contributed by atoms with E-state index in [2.05, 4.69) is 55.6 Å². The van der Waals surface area contributed by atoms with Crippen LogP contribution in [-0.2, 0) is 27.9 Å². The topological polar surface area (TPSA) is 131 Å². The van der Waals surface area contributed by atoms with E-state index >= 15 is 0 Å². The first kappa shape index (κ1) is 49.2. The molecule has 0 saturated heterocycles. The number of carbonyl (C=O) groups excluding carboxylic acids is 2. The van der Waals surface area contributed by atoms with Gasteiger partial charge in [-0.05, 0) is 64.2 Å². The Morgan fingerprint density at radius 2 is 1.08 bits per heavy atom. The van der Waals surface area contributed by atoms with Gasteiger partial charge in [-0.1, -0.05) is 140 Å². The van der Waals surface area contributed by atoms with E-state index in [1.54, 1.807) is 0 Å². The minimum absolute atomic E-state index is 0.0729. The second-order valence-corrected chi connectivity index (χ2v) is 15.1. The van der Waals surface area contributed by atoms with Crippen LogP contribution in [0.1, 0.15) is 181 Å². The summed E-state index contributed by atoms with van der Waals surface area (Å²) in [6.07, 6.45) is 40.7. The third-order valence-electron chi connectivity index (χ3n) is 8.54. The lowest BCUT2D eigenvalue weighted by atomic mass is 10.1. The number of phosphoric acid groups is 1. The zero-order valence-corrected chi connectivity index (χ0v) is 33.4. The van der Waals surface area contributed by atoms with Gasteiger partial charge in [-0.25, -0.2) is 4.57 Å². The zero-order chi connectivity index (χ0) is 37.5. The first-order valence-electron chi connectivity index (χ1n) is 20.5. The van der Waals surface area contributed by atoms with Crippen molar-refractivity contribution in [3.63, 3.8) is 0 Å². The Labute approximate surface area is 312 Å². The molecule has 0 fully saturated rings. The van der Waals surface area contributed by atoms with Gasteiger partial charge in [0.1, 0.15) is 12.7 Å². The Bertz CT molecular complexity index is 939. The van der Waals surface area contributed by atoms with Crippen LogP contribution >= 0.6 is 7.82 Å². The molecule has 10 heteroatoms. The van der Waals surface area contributed by atoms with E-state index in [0.717, 1.165) is 83.5 Å². The minimum atomic E-state index is -4.42. The monoisotopic (exact) mass is 742 g/mol. The highest BCUT2D eigenvalue weighted by molar-refractivity contribution is 7.47. The number of allylic oxidation sites excluding steroid dienone is 6. The van der Waals surface area contributed by atoms with E-state index in [-0.39, 0.29) is 32.1 Å². The molecule has 0 aliphatic heterocycles. The molecule has 0 aliphatic rings. The quantitative estimate of drug-likeness (QED) is 0.0247. The Kier molecular flexibility index (Phi) is 36.7. The number of carbonyl (C=O) groups is 2. The van der Waals surface area contributed by atoms with Crippen molar-refractivity contribution < 1.29 is 37.9 Å². The summed E-state index contributed by atoms with van der Waals surface area (Å²) in [6, 6.07) is 0. The van der Waals surface area contributed by atoms with E-state index in [1.165, 1.54) is 70.6 Å². The number of esters is 1. The summed E-state index contributed by atoms with van der Waals surface area (Å²) in [5, 5.41) is 12.7. The van der Waals surface area contributed by atoms with Gasteiger partial charge < -0.3 is 20.1 Å². The Morgan fingerprint density at radius 3 is 1.65 bits per heavy atom. The lowest BCUT2D eigenvalue weighted by molar-refractivity contribution is -0.147. The summed E-state index contributed by atoms with van der Waals surface area (Å²) in [4.78, 5) is 33.8. The van der Waals surface area contributed by atoms with E-state index in [0.29, 0.717) is 6.42 Å². The number of hydrogen-bond donors (Lipinski definition) is 3. The number of phosphoric ester groups is 1. The minimum Gasteiger partial charge on any atom is -0.463 e. The van der Waals surface area contributed by atoms with Crippen LogP contribution in [0.3, 0.4) is 0 Å². The fourth-order valence-electron chi connectivity index (χ4n) is 5.39. The Hall–Kier alpha value is -1.77. The third-order valence-corrected chi connectivity index (χ3v) is 9.53. The molecule has 0 aliphatic carbocycles. The molecule has 2 unspecified atom stereocenters. The number of amides is 1. The molecule has 2 atom stereocenters. The largest absolute Gasteiger partial charge is 0.472 e. The summed E-state index contributed by atoms with van der Waals surface area (Å²) < 4.78 is 26.8. The zero-order valence-electron chi connectivity index (χ0n) is 32.5. The van der Waals surface area contributed by atoms with E-state index in [4.69, 9.17) is 13.8 Å². The molecule has 0 aromatic carbocycles. The molecule has 0 aromatic rings. The van der Waals surface area contributed by atoms with Crippen LogP contribution in [0, 0.1) is 0 Å². The summed E-state index contributed by atoms with van der Waals surface area (Å²) in [5.41, 5.74) is 0. The molecule has 1 amide bonds. The molecule has 9 nitrogen and oxygen atoms in total. The summed E-state index contributed by atoms with van der Waals surface area (Å²) in [6.45, 7) is 3.48. The van der Waals surface area contributed by atoms with E-state index < -0.39 is 26.5 Å². The maximum absolute atomic E-state index is 12.1. The first-order chi connectivity index (χ1) is 24.8. The number of rotatable bonds is 38. The van der Waals surface area contributed by atoms with Gasteiger partial charge in [0.25, 0.3) is 0 Å². The van der Waals surface area contributed by atoms with Gasteiger partial charge in [0.2, 0.25) is 5.91 Å². The van der Waals surface area contributed by atoms with Crippen molar-refractivity contribution in [3.8, 4) is 0 Å².